The number of hydrogen-bond acceptors (Lipinski definition) is 2. The molecule has 2 heterocycles. The Kier molecular flexibility index (Phi) is 3.10. The molecule has 1 aliphatic rings. The van der Waals surface area contributed by atoms with Gasteiger partial charge in [-0.05, 0) is 56.7 Å². The number of aromatic amines is 1. The molecule has 1 N–H and O–H groups in total. The standard InChI is InChI=1S/C23H23NO2/c1-22(2)23(3,4)26-21(25-22)16-9-10-17-18-11-14-7-5-6-8-15(14)12-20(18)24-19(17)13-16/h5-13,21,24H,1-4H3. The van der Waals surface area contributed by atoms with Gasteiger partial charge in [0.25, 0.3) is 0 Å². The van der Waals surface area contributed by atoms with Gasteiger partial charge in [-0.25, -0.2) is 0 Å². The Morgan fingerprint density at radius 1 is 0.731 bits per heavy atom. The normalized spacial score (nSPS) is 19.7. The lowest BCUT2D eigenvalue weighted by Crippen LogP contribution is -2.41. The highest BCUT2D eigenvalue weighted by Gasteiger charge is 2.49. The SMILES string of the molecule is CC1(C)OC(c2ccc3c(c2)[nH]c2cc4ccccc4cc23)OC1(C)C. The van der Waals surface area contributed by atoms with Gasteiger partial charge in [-0.2, -0.15) is 0 Å². The summed E-state index contributed by atoms with van der Waals surface area (Å²) in [5.74, 6) is 0. The van der Waals surface area contributed by atoms with Crippen LogP contribution in [0.1, 0.15) is 39.5 Å². The molecule has 0 unspecified atom stereocenters. The third-order valence-corrected chi connectivity index (χ3v) is 6.01. The number of aromatic nitrogens is 1. The maximum absolute atomic E-state index is 6.20. The van der Waals surface area contributed by atoms with E-state index in [9.17, 15) is 0 Å². The highest BCUT2D eigenvalue weighted by molar-refractivity contribution is 6.12. The molecule has 132 valence electrons. The molecule has 0 spiro atoms. The molecule has 0 radical (unpaired) electrons. The lowest BCUT2D eigenvalue weighted by atomic mass is 9.90. The van der Waals surface area contributed by atoms with Crippen molar-refractivity contribution in [3.05, 3.63) is 60.2 Å². The van der Waals surface area contributed by atoms with E-state index in [0.717, 1.165) is 16.6 Å². The lowest BCUT2D eigenvalue weighted by molar-refractivity contribution is -0.0894. The third-order valence-electron chi connectivity index (χ3n) is 6.01. The van der Waals surface area contributed by atoms with Crippen LogP contribution < -0.4 is 0 Å². The summed E-state index contributed by atoms with van der Waals surface area (Å²) >= 11 is 0. The van der Waals surface area contributed by atoms with Crippen molar-refractivity contribution in [1.29, 1.82) is 0 Å². The molecule has 1 saturated heterocycles. The predicted molar refractivity (Wildman–Crippen MR) is 106 cm³/mol. The second-order valence-electron chi connectivity index (χ2n) is 8.26. The average molecular weight is 345 g/mol. The molecule has 0 saturated carbocycles. The van der Waals surface area contributed by atoms with Crippen LogP contribution >= 0.6 is 0 Å². The van der Waals surface area contributed by atoms with E-state index in [2.05, 4.69) is 87.3 Å². The second kappa shape index (κ2) is 5.09. The molecule has 4 aromatic rings. The lowest BCUT2D eigenvalue weighted by Gasteiger charge is -2.30. The highest BCUT2D eigenvalue weighted by Crippen LogP contribution is 2.45. The van der Waals surface area contributed by atoms with Gasteiger partial charge in [-0.15, -0.1) is 0 Å². The van der Waals surface area contributed by atoms with Crippen molar-refractivity contribution in [3.63, 3.8) is 0 Å². The minimum absolute atomic E-state index is 0.329. The average Bonchev–Trinajstić information content (AvgIpc) is 3.05. The molecule has 1 fully saturated rings. The Labute approximate surface area is 152 Å². The Balaban J connectivity index is 1.64. The summed E-state index contributed by atoms with van der Waals surface area (Å²) in [7, 11) is 0. The Bertz CT molecular complexity index is 1140. The van der Waals surface area contributed by atoms with Crippen LogP contribution in [0.5, 0.6) is 0 Å². The molecule has 1 aliphatic heterocycles. The van der Waals surface area contributed by atoms with E-state index in [-0.39, 0.29) is 17.5 Å². The van der Waals surface area contributed by atoms with E-state index in [1.54, 1.807) is 0 Å². The van der Waals surface area contributed by atoms with Gasteiger partial charge in [-0.3, -0.25) is 0 Å². The van der Waals surface area contributed by atoms with Gasteiger partial charge in [0.2, 0.25) is 0 Å². The molecule has 0 atom stereocenters. The molecule has 3 heteroatoms. The van der Waals surface area contributed by atoms with Crippen LogP contribution in [-0.4, -0.2) is 16.2 Å². The molecule has 26 heavy (non-hydrogen) atoms. The molecular weight excluding hydrogens is 322 g/mol. The molecule has 1 aromatic heterocycles. The first kappa shape index (κ1) is 15.9. The molecule has 3 nitrogen and oxygen atoms in total. The van der Waals surface area contributed by atoms with Gasteiger partial charge >= 0.3 is 0 Å². The monoisotopic (exact) mass is 345 g/mol. The van der Waals surface area contributed by atoms with Crippen molar-refractivity contribution >= 4 is 32.6 Å². The zero-order valence-corrected chi connectivity index (χ0v) is 15.6. The number of nitrogens with one attached hydrogen (secondary N) is 1. The molecule has 0 bridgehead atoms. The molecule has 3 aromatic carbocycles. The van der Waals surface area contributed by atoms with E-state index in [4.69, 9.17) is 9.47 Å². The van der Waals surface area contributed by atoms with E-state index >= 15 is 0 Å². The van der Waals surface area contributed by atoms with Crippen LogP contribution in [0.25, 0.3) is 32.6 Å². The van der Waals surface area contributed by atoms with E-state index < -0.39 is 0 Å². The topological polar surface area (TPSA) is 34.2 Å². The summed E-state index contributed by atoms with van der Waals surface area (Å²) in [5.41, 5.74) is 2.66. The van der Waals surface area contributed by atoms with Gasteiger partial charge in [0.15, 0.2) is 6.29 Å². The smallest absolute Gasteiger partial charge is 0.185 e. The fourth-order valence-corrected chi connectivity index (χ4v) is 3.74. The number of rotatable bonds is 1. The van der Waals surface area contributed by atoms with E-state index in [1.807, 2.05) is 0 Å². The van der Waals surface area contributed by atoms with Gasteiger partial charge in [0.1, 0.15) is 0 Å². The second-order valence-corrected chi connectivity index (χ2v) is 8.26. The van der Waals surface area contributed by atoms with Crippen LogP contribution in [0.15, 0.2) is 54.6 Å². The summed E-state index contributed by atoms with van der Waals surface area (Å²) in [6.45, 7) is 8.33. The Morgan fingerprint density at radius 2 is 1.35 bits per heavy atom. The van der Waals surface area contributed by atoms with Crippen molar-refractivity contribution in [2.24, 2.45) is 0 Å². The minimum atomic E-state index is -0.338. The molecule has 0 amide bonds. The van der Waals surface area contributed by atoms with Crippen molar-refractivity contribution in [2.45, 2.75) is 45.2 Å². The first-order chi connectivity index (χ1) is 12.3. The van der Waals surface area contributed by atoms with Crippen molar-refractivity contribution in [3.8, 4) is 0 Å². The highest BCUT2D eigenvalue weighted by atomic mass is 16.7. The first-order valence-electron chi connectivity index (χ1n) is 9.14. The van der Waals surface area contributed by atoms with Crippen LogP contribution in [-0.2, 0) is 9.47 Å². The summed E-state index contributed by atoms with van der Waals surface area (Å²) in [5, 5.41) is 4.99. The number of benzene rings is 3. The first-order valence-corrected chi connectivity index (χ1v) is 9.14. The zero-order valence-electron chi connectivity index (χ0n) is 15.6. The predicted octanol–water partition coefficient (Wildman–Crippen LogP) is 6.08. The summed E-state index contributed by atoms with van der Waals surface area (Å²) < 4.78 is 12.4. The fraction of sp³-hybridized carbons (Fsp3) is 0.304. The summed E-state index contributed by atoms with van der Waals surface area (Å²) in [4.78, 5) is 3.56. The minimum Gasteiger partial charge on any atom is -0.354 e. The van der Waals surface area contributed by atoms with Gasteiger partial charge in [0.05, 0.1) is 11.2 Å². The number of hydrogen-bond donors (Lipinski definition) is 1. The van der Waals surface area contributed by atoms with Crippen LogP contribution in [0, 0.1) is 0 Å². The number of ether oxygens (including phenoxy) is 2. The van der Waals surface area contributed by atoms with Crippen LogP contribution in [0.4, 0.5) is 0 Å². The van der Waals surface area contributed by atoms with Gasteiger partial charge < -0.3 is 14.5 Å². The van der Waals surface area contributed by atoms with Gasteiger partial charge in [-0.1, -0.05) is 36.4 Å². The summed E-state index contributed by atoms with van der Waals surface area (Å²) in [6, 6.07) is 19.4. The van der Waals surface area contributed by atoms with Crippen molar-refractivity contribution in [1.82, 2.24) is 4.98 Å². The van der Waals surface area contributed by atoms with Crippen molar-refractivity contribution in [2.75, 3.05) is 0 Å². The van der Waals surface area contributed by atoms with Crippen LogP contribution in [0.3, 0.4) is 0 Å². The largest absolute Gasteiger partial charge is 0.354 e. The quantitative estimate of drug-likeness (QED) is 0.454. The maximum Gasteiger partial charge on any atom is 0.185 e. The summed E-state index contributed by atoms with van der Waals surface area (Å²) in [6.07, 6.45) is -0.338. The van der Waals surface area contributed by atoms with E-state index in [1.165, 1.54) is 21.5 Å². The number of H-pyrrole nitrogens is 1. The Hall–Kier alpha value is -2.36. The molecular formula is C23H23NO2. The van der Waals surface area contributed by atoms with E-state index in [0.29, 0.717) is 0 Å². The maximum atomic E-state index is 6.20. The van der Waals surface area contributed by atoms with Gasteiger partial charge in [0, 0.05) is 27.4 Å². The third kappa shape index (κ3) is 2.21. The zero-order chi connectivity index (χ0) is 18.1. The number of fused-ring (bicyclic) bond motifs is 4. The molecule has 0 aliphatic carbocycles. The van der Waals surface area contributed by atoms with Crippen LogP contribution in [0.2, 0.25) is 0 Å². The Morgan fingerprint density at radius 3 is 2.04 bits per heavy atom. The fourth-order valence-electron chi connectivity index (χ4n) is 3.74. The molecule has 5 rings (SSSR count). The van der Waals surface area contributed by atoms with Crippen molar-refractivity contribution < 1.29 is 9.47 Å².